The SMILES string of the molecule is COc1ccc(-n2nc(C(F)(F)F)c3c2C(=O)N(CCCCC(=O)O)CC3)cc1. The normalized spacial score (nSPS) is 14.1. The van der Waals surface area contributed by atoms with Gasteiger partial charge in [0.05, 0.1) is 12.8 Å². The van der Waals surface area contributed by atoms with Crippen molar-refractivity contribution < 1.29 is 32.6 Å². The fraction of sp³-hybridized carbons (Fsp3) is 0.421. The Morgan fingerprint density at radius 1 is 1.24 bits per heavy atom. The molecule has 1 aromatic carbocycles. The summed E-state index contributed by atoms with van der Waals surface area (Å²) >= 11 is 0. The second kappa shape index (κ2) is 8.14. The van der Waals surface area contributed by atoms with Crippen molar-refractivity contribution >= 4 is 11.9 Å². The van der Waals surface area contributed by atoms with E-state index in [0.29, 0.717) is 24.3 Å². The number of aromatic nitrogens is 2. The summed E-state index contributed by atoms with van der Waals surface area (Å²) in [5, 5.41) is 12.4. The molecule has 0 fully saturated rings. The van der Waals surface area contributed by atoms with Gasteiger partial charge in [0.1, 0.15) is 11.4 Å². The Hall–Kier alpha value is -3.04. The van der Waals surface area contributed by atoms with Gasteiger partial charge in [0, 0.05) is 25.1 Å². The van der Waals surface area contributed by atoms with Crippen molar-refractivity contribution in [2.45, 2.75) is 31.9 Å². The van der Waals surface area contributed by atoms with Crippen molar-refractivity contribution in [2.24, 2.45) is 0 Å². The van der Waals surface area contributed by atoms with E-state index < -0.39 is 23.7 Å². The number of aliphatic carboxylic acids is 1. The molecular formula is C19H20F3N3O4. The van der Waals surface area contributed by atoms with E-state index in [-0.39, 0.29) is 37.2 Å². The van der Waals surface area contributed by atoms with Crippen LogP contribution in [0.4, 0.5) is 13.2 Å². The molecule has 1 aliphatic heterocycles. The third-order valence-corrected chi connectivity index (χ3v) is 4.76. The third-order valence-electron chi connectivity index (χ3n) is 4.76. The number of carbonyl (C=O) groups is 2. The molecule has 0 aliphatic carbocycles. The maximum atomic E-state index is 13.5. The molecule has 1 amide bonds. The average molecular weight is 411 g/mol. The number of unbranched alkanes of at least 4 members (excludes halogenated alkanes) is 1. The minimum absolute atomic E-state index is 0.0186. The Morgan fingerprint density at radius 3 is 2.52 bits per heavy atom. The minimum Gasteiger partial charge on any atom is -0.497 e. The lowest BCUT2D eigenvalue weighted by molar-refractivity contribution is -0.142. The van der Waals surface area contributed by atoms with Crippen LogP contribution in [0, 0.1) is 0 Å². The second-order valence-corrected chi connectivity index (χ2v) is 6.68. The Labute approximate surface area is 164 Å². The molecule has 1 N–H and O–H groups in total. The van der Waals surface area contributed by atoms with Gasteiger partial charge in [0.25, 0.3) is 5.91 Å². The van der Waals surface area contributed by atoms with Gasteiger partial charge in [0.2, 0.25) is 0 Å². The molecule has 0 unspecified atom stereocenters. The highest BCUT2D eigenvalue weighted by Gasteiger charge is 2.43. The zero-order chi connectivity index (χ0) is 21.2. The molecule has 3 rings (SSSR count). The summed E-state index contributed by atoms with van der Waals surface area (Å²) < 4.78 is 46.6. The number of carboxylic acids is 1. The molecule has 10 heteroatoms. The zero-order valence-electron chi connectivity index (χ0n) is 15.7. The summed E-state index contributed by atoms with van der Waals surface area (Å²) in [7, 11) is 1.47. The number of fused-ring (bicyclic) bond motifs is 1. The van der Waals surface area contributed by atoms with E-state index in [0.717, 1.165) is 4.68 Å². The Kier molecular flexibility index (Phi) is 5.81. The van der Waals surface area contributed by atoms with E-state index in [1.807, 2.05) is 0 Å². The van der Waals surface area contributed by atoms with Crippen molar-refractivity contribution in [1.82, 2.24) is 14.7 Å². The third kappa shape index (κ3) is 4.36. The predicted octanol–water partition coefficient (Wildman–Crippen LogP) is 3.15. The van der Waals surface area contributed by atoms with Crippen LogP contribution < -0.4 is 4.74 Å². The molecule has 1 aliphatic rings. The van der Waals surface area contributed by atoms with Crippen molar-refractivity contribution in [2.75, 3.05) is 20.2 Å². The smallest absolute Gasteiger partial charge is 0.435 e. The van der Waals surface area contributed by atoms with Crippen LogP contribution in [0.15, 0.2) is 24.3 Å². The van der Waals surface area contributed by atoms with E-state index >= 15 is 0 Å². The first-order valence-corrected chi connectivity index (χ1v) is 9.07. The molecule has 7 nitrogen and oxygen atoms in total. The summed E-state index contributed by atoms with van der Waals surface area (Å²) in [5.74, 6) is -0.942. The molecule has 0 radical (unpaired) electrons. The molecule has 0 bridgehead atoms. The van der Waals surface area contributed by atoms with E-state index in [1.54, 1.807) is 12.1 Å². The lowest BCUT2D eigenvalue weighted by Gasteiger charge is -2.27. The van der Waals surface area contributed by atoms with Crippen LogP contribution in [-0.2, 0) is 17.4 Å². The summed E-state index contributed by atoms with van der Waals surface area (Å²) in [6.07, 6.45) is -3.82. The minimum atomic E-state index is -4.67. The van der Waals surface area contributed by atoms with Crippen LogP contribution in [0.3, 0.4) is 0 Å². The van der Waals surface area contributed by atoms with Gasteiger partial charge < -0.3 is 14.7 Å². The molecule has 0 atom stereocenters. The van der Waals surface area contributed by atoms with Crippen molar-refractivity contribution in [3.63, 3.8) is 0 Å². The average Bonchev–Trinajstić information content (AvgIpc) is 3.07. The van der Waals surface area contributed by atoms with Crippen molar-refractivity contribution in [1.29, 1.82) is 0 Å². The van der Waals surface area contributed by atoms with Crippen molar-refractivity contribution in [3.8, 4) is 11.4 Å². The highest BCUT2D eigenvalue weighted by molar-refractivity contribution is 5.96. The molecule has 0 saturated carbocycles. The molecule has 0 saturated heterocycles. The zero-order valence-corrected chi connectivity index (χ0v) is 15.7. The van der Waals surface area contributed by atoms with Crippen LogP contribution >= 0.6 is 0 Å². The van der Waals surface area contributed by atoms with Gasteiger partial charge in [-0.05, 0) is 43.5 Å². The number of benzene rings is 1. The second-order valence-electron chi connectivity index (χ2n) is 6.68. The number of amides is 1. The van der Waals surface area contributed by atoms with Gasteiger partial charge in [-0.1, -0.05) is 0 Å². The number of nitrogens with zero attached hydrogens (tertiary/aromatic N) is 3. The molecule has 29 heavy (non-hydrogen) atoms. The standard InChI is InChI=1S/C19H20F3N3O4/c1-29-13-7-5-12(6-8-13)25-16-14(17(23-25)19(20,21)22)9-11-24(18(16)28)10-3-2-4-15(26)27/h5-8H,2-4,9-11H2,1H3,(H,26,27). The number of hydrogen-bond acceptors (Lipinski definition) is 4. The molecule has 2 heterocycles. The molecular weight excluding hydrogens is 391 g/mol. The number of hydrogen-bond donors (Lipinski definition) is 1. The molecule has 0 spiro atoms. The Morgan fingerprint density at radius 2 is 1.93 bits per heavy atom. The van der Waals surface area contributed by atoms with Crippen LogP contribution in [0.5, 0.6) is 5.75 Å². The summed E-state index contributed by atoms with van der Waals surface area (Å²) in [6.45, 7) is 0.414. The van der Waals surface area contributed by atoms with Crippen LogP contribution in [0.25, 0.3) is 5.69 Å². The first-order chi connectivity index (χ1) is 13.7. The predicted molar refractivity (Wildman–Crippen MR) is 96.2 cm³/mol. The number of methoxy groups -OCH3 is 1. The fourth-order valence-electron chi connectivity index (χ4n) is 3.34. The van der Waals surface area contributed by atoms with Crippen LogP contribution in [-0.4, -0.2) is 51.9 Å². The lowest BCUT2D eigenvalue weighted by Crippen LogP contribution is -2.39. The fourth-order valence-corrected chi connectivity index (χ4v) is 3.34. The van der Waals surface area contributed by atoms with Gasteiger partial charge in [0.15, 0.2) is 5.69 Å². The van der Waals surface area contributed by atoms with Crippen LogP contribution in [0.1, 0.15) is 41.0 Å². The van der Waals surface area contributed by atoms with Gasteiger partial charge in [-0.15, -0.1) is 0 Å². The summed E-state index contributed by atoms with van der Waals surface area (Å²) in [4.78, 5) is 25.0. The maximum Gasteiger partial charge on any atom is 0.435 e. The number of carbonyl (C=O) groups excluding carboxylic acids is 1. The van der Waals surface area contributed by atoms with E-state index in [1.165, 1.54) is 24.1 Å². The first-order valence-electron chi connectivity index (χ1n) is 9.07. The quantitative estimate of drug-likeness (QED) is 0.708. The molecule has 2 aromatic rings. The van der Waals surface area contributed by atoms with E-state index in [4.69, 9.17) is 9.84 Å². The summed E-state index contributed by atoms with van der Waals surface area (Å²) in [5.41, 5.74) is -0.951. The van der Waals surface area contributed by atoms with Gasteiger partial charge in [-0.25, -0.2) is 4.68 Å². The Bertz CT molecular complexity index is 907. The van der Waals surface area contributed by atoms with Gasteiger partial charge in [-0.2, -0.15) is 18.3 Å². The number of alkyl halides is 3. The highest BCUT2D eigenvalue weighted by Crippen LogP contribution is 2.36. The largest absolute Gasteiger partial charge is 0.497 e. The van der Waals surface area contributed by atoms with Crippen LogP contribution in [0.2, 0.25) is 0 Å². The topological polar surface area (TPSA) is 84.7 Å². The van der Waals surface area contributed by atoms with Gasteiger partial charge >= 0.3 is 12.1 Å². The monoisotopic (exact) mass is 411 g/mol. The number of ether oxygens (including phenoxy) is 1. The number of halogens is 3. The van der Waals surface area contributed by atoms with Gasteiger partial charge in [-0.3, -0.25) is 9.59 Å². The highest BCUT2D eigenvalue weighted by atomic mass is 19.4. The lowest BCUT2D eigenvalue weighted by atomic mass is 10.0. The maximum absolute atomic E-state index is 13.5. The molecule has 1 aromatic heterocycles. The first kappa shape index (κ1) is 20.7. The van der Waals surface area contributed by atoms with E-state index in [9.17, 15) is 22.8 Å². The van der Waals surface area contributed by atoms with E-state index in [2.05, 4.69) is 5.10 Å². The van der Waals surface area contributed by atoms with Crippen molar-refractivity contribution in [3.05, 3.63) is 41.2 Å². The summed E-state index contributed by atoms with van der Waals surface area (Å²) in [6, 6.07) is 6.22. The molecule has 156 valence electrons. The number of carboxylic acid groups (broad SMARTS) is 1. The Balaban J connectivity index is 1.94. The number of rotatable bonds is 7.